The third kappa shape index (κ3) is 49.4. The zero-order chi connectivity index (χ0) is 63.6. The van der Waals surface area contributed by atoms with Gasteiger partial charge in [-0.3, -0.25) is 28.8 Å². The molecule has 1 rings (SSSR count). The summed E-state index contributed by atoms with van der Waals surface area (Å²) in [4.78, 5) is 119. The first-order valence-corrected chi connectivity index (χ1v) is 31.9. The number of rotatable bonds is 55. The van der Waals surface area contributed by atoms with Crippen molar-refractivity contribution >= 4 is 53.4 Å². The summed E-state index contributed by atoms with van der Waals surface area (Å²) in [6, 6.07) is -4.40. The monoisotopic (exact) mass is 1250 g/mol. The second-order valence-corrected chi connectivity index (χ2v) is 21.5. The number of hydrogen-bond acceptors (Lipinski definition) is 21. The summed E-state index contributed by atoms with van der Waals surface area (Å²) in [5, 5.41) is 41.7. The Morgan fingerprint density at radius 3 is 1.43 bits per heavy atom. The molecule has 1 heterocycles. The van der Waals surface area contributed by atoms with Crippen LogP contribution in [0.1, 0.15) is 193 Å². The zero-order valence-electron chi connectivity index (χ0n) is 51.9. The fourth-order valence-electron chi connectivity index (χ4n) is 8.84. The number of amides is 5. The van der Waals surface area contributed by atoms with Crippen LogP contribution in [0.25, 0.3) is 0 Å². The first kappa shape index (κ1) is 79.8. The van der Waals surface area contributed by atoms with Crippen molar-refractivity contribution < 1.29 is 96.7 Å². The molecule has 0 aromatic carbocycles. The highest BCUT2D eigenvalue weighted by molar-refractivity contribution is 5.84. The van der Waals surface area contributed by atoms with Crippen molar-refractivity contribution in [3.63, 3.8) is 0 Å². The Morgan fingerprint density at radius 1 is 0.494 bits per heavy atom. The lowest BCUT2D eigenvalue weighted by molar-refractivity contribution is -0.170. The molecule has 87 heavy (non-hydrogen) atoms. The molecule has 3 unspecified atom stereocenters. The maximum atomic E-state index is 12.7. The minimum Gasteiger partial charge on any atom is -0.480 e. The third-order valence-corrected chi connectivity index (χ3v) is 13.9. The molecule has 11 N–H and O–H groups in total. The van der Waals surface area contributed by atoms with Crippen LogP contribution in [0, 0.1) is 0 Å². The molecule has 0 aromatic rings. The van der Waals surface area contributed by atoms with E-state index < -0.39 is 48.0 Å². The van der Waals surface area contributed by atoms with E-state index in [9.17, 15) is 58.6 Å². The lowest BCUT2D eigenvalue weighted by Gasteiger charge is -2.20. The van der Waals surface area contributed by atoms with Gasteiger partial charge in [-0.25, -0.2) is 14.4 Å². The van der Waals surface area contributed by atoms with Crippen molar-refractivity contribution in [1.29, 1.82) is 0 Å². The lowest BCUT2D eigenvalue weighted by atomic mass is 10.0. The summed E-state index contributed by atoms with van der Waals surface area (Å²) >= 11 is 0. The van der Waals surface area contributed by atoms with Crippen molar-refractivity contribution in [2.75, 3.05) is 105 Å². The number of hydroxylamine groups is 3. The van der Waals surface area contributed by atoms with Gasteiger partial charge in [-0.05, 0) is 44.9 Å². The van der Waals surface area contributed by atoms with Crippen molar-refractivity contribution in [3.05, 3.63) is 0 Å². The van der Waals surface area contributed by atoms with E-state index in [4.69, 9.17) is 38.1 Å². The van der Waals surface area contributed by atoms with Gasteiger partial charge in [-0.1, -0.05) is 135 Å². The first-order valence-electron chi connectivity index (χ1n) is 31.9. The molecule has 1 saturated heterocycles. The predicted octanol–water partition coefficient (Wildman–Crippen LogP) is 3.73. The number of carboxylic acids is 2. The van der Waals surface area contributed by atoms with Gasteiger partial charge in [0.15, 0.2) is 0 Å². The van der Waals surface area contributed by atoms with Crippen LogP contribution in [0.15, 0.2) is 0 Å². The minimum absolute atomic E-state index is 0.0288. The number of aliphatic carboxylic acids is 2. The van der Waals surface area contributed by atoms with Gasteiger partial charge in [0.1, 0.15) is 44.0 Å². The predicted molar refractivity (Wildman–Crippen MR) is 318 cm³/mol. The van der Waals surface area contributed by atoms with E-state index in [1.54, 1.807) is 0 Å². The maximum absolute atomic E-state index is 12.7. The number of ether oxygens (including phenoxy) is 6. The Labute approximate surface area is 514 Å². The van der Waals surface area contributed by atoms with E-state index >= 15 is 0 Å². The molecule has 1 fully saturated rings. The minimum atomic E-state index is -1.18. The Balaban J connectivity index is 1.95. The number of hydrogen-bond donors (Lipinski definition) is 11. The smallest absolute Gasteiger partial charge is 0.345 e. The van der Waals surface area contributed by atoms with Crippen molar-refractivity contribution in [1.82, 2.24) is 43.0 Å². The molecule has 5 amide bonds. The van der Waals surface area contributed by atoms with Gasteiger partial charge in [0.25, 0.3) is 0 Å². The van der Waals surface area contributed by atoms with Crippen molar-refractivity contribution in [2.45, 2.75) is 217 Å². The molecule has 0 radical (unpaired) electrons. The number of carbonyl (C=O) groups is 9. The number of carboxylic acid groups (broad SMARTS) is 2. The average Bonchev–Trinajstić information content (AvgIpc) is 3.54. The van der Waals surface area contributed by atoms with Crippen LogP contribution in [0.4, 0.5) is 0 Å². The van der Waals surface area contributed by atoms with Gasteiger partial charge in [-0.2, -0.15) is 5.48 Å². The van der Waals surface area contributed by atoms with Crippen LogP contribution in [-0.2, 0) is 81.2 Å². The Bertz CT molecular complexity index is 1840. The maximum Gasteiger partial charge on any atom is 0.345 e. The molecule has 0 aromatic heterocycles. The lowest BCUT2D eigenvalue weighted by Crippen LogP contribution is -2.47. The van der Waals surface area contributed by atoms with Crippen LogP contribution >= 0.6 is 0 Å². The molecule has 0 aliphatic carbocycles. The zero-order valence-corrected chi connectivity index (χ0v) is 51.9. The van der Waals surface area contributed by atoms with E-state index in [1.165, 1.54) is 70.6 Å². The molecule has 1 aliphatic heterocycles. The number of carbonyl (C=O) groups excluding carboxylic acids is 7. The van der Waals surface area contributed by atoms with E-state index in [2.05, 4.69) is 44.5 Å². The highest BCUT2D eigenvalue weighted by Gasteiger charge is 2.28. The van der Waals surface area contributed by atoms with Crippen LogP contribution in [-0.4, -0.2) is 198 Å². The van der Waals surface area contributed by atoms with E-state index in [0.717, 1.165) is 44.9 Å². The van der Waals surface area contributed by atoms with Crippen molar-refractivity contribution in [3.8, 4) is 0 Å². The van der Waals surface area contributed by atoms with Gasteiger partial charge >= 0.3 is 23.9 Å². The van der Waals surface area contributed by atoms with E-state index in [1.807, 2.05) is 5.48 Å². The van der Waals surface area contributed by atoms with Crippen LogP contribution < -0.4 is 43.0 Å². The van der Waals surface area contributed by atoms with Gasteiger partial charge in [0.2, 0.25) is 29.5 Å². The van der Waals surface area contributed by atoms with Gasteiger partial charge < -0.3 is 80.1 Å². The Hall–Kier alpha value is -5.17. The van der Waals surface area contributed by atoms with Crippen LogP contribution in [0.5, 0.6) is 0 Å². The number of unbranched alkanes of at least 4 members (excludes halogenated alkanes) is 15. The van der Waals surface area contributed by atoms with Gasteiger partial charge in [-0.15, -0.1) is 11.0 Å². The molecule has 0 saturated carbocycles. The SMILES string of the molecule is CCCCCCCCCCCCCCCCCC(=O)N[C@@H](CCC(=O)NCCOCCOCC(=O)NCCOCCOCC(=O)NCCOCCOCC(=O)NCCCCC(NO)C(=O)ONC1CCCCCCCCC(C(=O)O)NOC1=O)C(=O)O. The fraction of sp³-hybridized carbons (Fsp3) is 0.847. The molecule has 1 aliphatic rings. The van der Waals surface area contributed by atoms with Gasteiger partial charge in [0, 0.05) is 39.0 Å². The summed E-state index contributed by atoms with van der Waals surface area (Å²) < 4.78 is 32.1. The highest BCUT2D eigenvalue weighted by Crippen LogP contribution is 2.16. The standard InChI is InChI=1S/C59H108N8O20/c1-2-3-4-5-6-7-8-9-10-11-12-13-14-19-22-28-52(69)64-47(56(73)74)29-30-51(68)61-32-35-80-38-42-84-45-54(71)63-34-37-82-40-43-85-46-55(72)62-33-36-81-39-41-83-44-53(70)60-31-24-23-26-49(65-79)58(77)86-67-50-27-21-18-16-15-17-20-25-48(57(75)76)66-87-59(50)78/h47-50,65-67,79H,2-46H2,1H3,(H,60,70)(H,61,68)(H,62,72)(H,63,71)(H,64,69)(H,73,74)(H,75,76)/t47-,48?,49?,50?/m0/s1. The first-order chi connectivity index (χ1) is 42.3. The molecule has 0 bridgehead atoms. The molecule has 28 nitrogen and oxygen atoms in total. The fourth-order valence-corrected chi connectivity index (χ4v) is 8.84. The Morgan fingerprint density at radius 2 is 0.943 bits per heavy atom. The molecule has 0 spiro atoms. The second-order valence-electron chi connectivity index (χ2n) is 21.5. The summed E-state index contributed by atoms with van der Waals surface area (Å²) in [6.45, 7) is 4.17. The van der Waals surface area contributed by atoms with E-state index in [0.29, 0.717) is 38.5 Å². The summed E-state index contributed by atoms with van der Waals surface area (Å²) in [7, 11) is 0. The summed E-state index contributed by atoms with van der Waals surface area (Å²) in [5.41, 5.74) is 6.59. The summed E-state index contributed by atoms with van der Waals surface area (Å²) in [6.07, 6.45) is 24.9. The molecular formula is C59H108N8O20. The highest BCUT2D eigenvalue weighted by atomic mass is 16.7. The largest absolute Gasteiger partial charge is 0.480 e. The summed E-state index contributed by atoms with van der Waals surface area (Å²) in [5.74, 6) is -5.78. The molecule has 28 heteroatoms. The second kappa shape index (κ2) is 57.3. The van der Waals surface area contributed by atoms with E-state index in [-0.39, 0.29) is 167 Å². The topological polar surface area (TPSA) is 384 Å². The quantitative estimate of drug-likeness (QED) is 0.0305. The normalized spacial score (nSPS) is 15.5. The number of nitrogens with one attached hydrogen (secondary N) is 8. The average molecular weight is 1250 g/mol. The molecule has 504 valence electrons. The molecule has 4 atom stereocenters. The van der Waals surface area contributed by atoms with Crippen molar-refractivity contribution in [2.24, 2.45) is 0 Å². The Kier molecular flexibility index (Phi) is 52.6. The third-order valence-electron chi connectivity index (χ3n) is 13.9. The van der Waals surface area contributed by atoms with Crippen LogP contribution in [0.2, 0.25) is 0 Å². The van der Waals surface area contributed by atoms with Gasteiger partial charge in [0.05, 0.1) is 59.5 Å². The van der Waals surface area contributed by atoms with Crippen LogP contribution in [0.3, 0.4) is 0 Å². The molecular weight excluding hydrogens is 1140 g/mol.